The zero-order valence-electron chi connectivity index (χ0n) is 8.88. The average molecular weight is 220 g/mol. The van der Waals surface area contributed by atoms with E-state index in [0.717, 1.165) is 11.3 Å². The van der Waals surface area contributed by atoms with Gasteiger partial charge < -0.3 is 14.7 Å². The molecule has 1 N–H and O–H groups in total. The maximum absolute atomic E-state index is 8.57. The molecule has 0 fully saturated rings. The van der Waals surface area contributed by atoms with Crippen molar-refractivity contribution in [3.63, 3.8) is 0 Å². The molecule has 0 radical (unpaired) electrons. The molecular weight excluding hydrogens is 208 g/mol. The number of nitrogens with zero attached hydrogens (tertiary/aromatic N) is 2. The molecule has 16 heavy (non-hydrogen) atoms. The van der Waals surface area contributed by atoms with E-state index < -0.39 is 0 Å². The Morgan fingerprint density at radius 1 is 1.38 bits per heavy atom. The molecule has 5 nitrogen and oxygen atoms in total. The number of aliphatic hydroxyl groups excluding tert-OH is 1. The number of benzene rings is 1. The fourth-order valence-electron chi connectivity index (χ4n) is 1.44. The highest BCUT2D eigenvalue weighted by atomic mass is 16.7. The van der Waals surface area contributed by atoms with Crippen LogP contribution < -0.4 is 4.74 Å². The topological polar surface area (TPSA) is 63.4 Å². The van der Waals surface area contributed by atoms with Gasteiger partial charge in [-0.25, -0.2) is 0 Å². The van der Waals surface area contributed by atoms with Crippen molar-refractivity contribution in [2.24, 2.45) is 10.1 Å². The van der Waals surface area contributed by atoms with Crippen LogP contribution in [0.25, 0.3) is 0 Å². The number of aliphatic hydroxyl groups is 1. The minimum Gasteiger partial charge on any atom is -0.434 e. The molecule has 0 amide bonds. The summed E-state index contributed by atoms with van der Waals surface area (Å²) in [6.07, 6.45) is 0. The van der Waals surface area contributed by atoms with Crippen molar-refractivity contribution >= 4 is 11.6 Å². The first-order chi connectivity index (χ1) is 7.86. The molecule has 2 rings (SSSR count). The van der Waals surface area contributed by atoms with Crippen LogP contribution in [0, 0.1) is 0 Å². The van der Waals surface area contributed by atoms with Crippen LogP contribution in [0.2, 0.25) is 0 Å². The van der Waals surface area contributed by atoms with E-state index in [9.17, 15) is 0 Å². The summed E-state index contributed by atoms with van der Waals surface area (Å²) in [5.41, 5.74) is 1.56. The van der Waals surface area contributed by atoms with Gasteiger partial charge in [-0.15, -0.1) is 0 Å². The van der Waals surface area contributed by atoms with Crippen LogP contribution in [0.5, 0.6) is 5.75 Å². The Morgan fingerprint density at radius 3 is 2.94 bits per heavy atom. The summed E-state index contributed by atoms with van der Waals surface area (Å²) < 4.78 is 5.47. The zero-order chi connectivity index (χ0) is 11.4. The normalized spacial score (nSPS) is 18.6. The highest BCUT2D eigenvalue weighted by Gasteiger charge is 2.26. The minimum absolute atomic E-state index is 0.0810. The van der Waals surface area contributed by atoms with E-state index in [-0.39, 0.29) is 13.2 Å². The lowest BCUT2D eigenvalue weighted by atomic mass is 10.1. The van der Waals surface area contributed by atoms with Gasteiger partial charge in [0.25, 0.3) is 5.90 Å². The first kappa shape index (κ1) is 10.6. The molecule has 0 spiro atoms. The average Bonchev–Trinajstić information content (AvgIpc) is 2.67. The molecule has 84 valence electrons. The molecule has 0 unspecified atom stereocenters. The van der Waals surface area contributed by atoms with E-state index in [0.29, 0.717) is 11.6 Å². The molecule has 1 aliphatic heterocycles. The molecule has 0 bridgehead atoms. The highest BCUT2D eigenvalue weighted by molar-refractivity contribution is 6.48. The first-order valence-corrected chi connectivity index (χ1v) is 4.92. The SMILES string of the molecule is CN=C1/C(=N/OCCO)Oc2ccccc21. The lowest BCUT2D eigenvalue weighted by Gasteiger charge is -1.98. The smallest absolute Gasteiger partial charge is 0.282 e. The summed E-state index contributed by atoms with van der Waals surface area (Å²) in [7, 11) is 1.67. The van der Waals surface area contributed by atoms with Gasteiger partial charge in [0, 0.05) is 12.6 Å². The second-order valence-corrected chi connectivity index (χ2v) is 3.12. The summed E-state index contributed by atoms with van der Waals surface area (Å²) >= 11 is 0. The fourth-order valence-corrected chi connectivity index (χ4v) is 1.44. The van der Waals surface area contributed by atoms with Gasteiger partial charge in [0.2, 0.25) is 0 Å². The van der Waals surface area contributed by atoms with Crippen molar-refractivity contribution in [2.45, 2.75) is 0 Å². The standard InChI is InChI=1S/C11H12N2O3/c1-12-10-8-4-2-3-5-9(8)16-11(10)13-15-7-6-14/h2-5,14H,6-7H2,1H3/b12-10?,13-11-. The number of hydrogen-bond donors (Lipinski definition) is 1. The predicted molar refractivity (Wildman–Crippen MR) is 60.0 cm³/mol. The Kier molecular flexibility index (Phi) is 3.16. The minimum atomic E-state index is -0.0810. The van der Waals surface area contributed by atoms with E-state index in [1.807, 2.05) is 24.3 Å². The molecule has 0 saturated carbocycles. The third-order valence-corrected chi connectivity index (χ3v) is 2.11. The Labute approximate surface area is 93.0 Å². The Balaban J connectivity index is 2.25. The maximum atomic E-state index is 8.57. The quantitative estimate of drug-likeness (QED) is 0.606. The highest BCUT2D eigenvalue weighted by Crippen LogP contribution is 2.26. The van der Waals surface area contributed by atoms with Crippen LogP contribution >= 0.6 is 0 Å². The summed E-state index contributed by atoms with van der Waals surface area (Å²) in [6.45, 7) is 0.0581. The van der Waals surface area contributed by atoms with E-state index in [1.54, 1.807) is 7.05 Å². The molecule has 1 aromatic rings. The molecule has 1 aromatic carbocycles. The number of ether oxygens (including phenoxy) is 1. The van der Waals surface area contributed by atoms with Crippen molar-refractivity contribution in [1.29, 1.82) is 0 Å². The molecule has 0 atom stereocenters. The van der Waals surface area contributed by atoms with Crippen molar-refractivity contribution in [1.82, 2.24) is 0 Å². The Bertz CT molecular complexity index is 441. The lowest BCUT2D eigenvalue weighted by molar-refractivity contribution is 0.0961. The van der Waals surface area contributed by atoms with Gasteiger partial charge in [0.1, 0.15) is 18.1 Å². The van der Waals surface area contributed by atoms with Gasteiger partial charge in [0.05, 0.1) is 6.61 Å². The van der Waals surface area contributed by atoms with Crippen LogP contribution in [0.15, 0.2) is 34.4 Å². The lowest BCUT2D eigenvalue weighted by Crippen LogP contribution is -2.14. The van der Waals surface area contributed by atoms with Crippen LogP contribution in [0.4, 0.5) is 0 Å². The summed E-state index contributed by atoms with van der Waals surface area (Å²) in [5.74, 6) is 1.05. The number of hydrogen-bond acceptors (Lipinski definition) is 5. The molecule has 5 heteroatoms. The number of oxime groups is 1. The number of para-hydroxylation sites is 1. The van der Waals surface area contributed by atoms with E-state index >= 15 is 0 Å². The van der Waals surface area contributed by atoms with Crippen LogP contribution in [-0.4, -0.2) is 37.0 Å². The Hall–Kier alpha value is -1.88. The summed E-state index contributed by atoms with van der Waals surface area (Å²) in [4.78, 5) is 8.97. The van der Waals surface area contributed by atoms with Gasteiger partial charge in [-0.2, -0.15) is 0 Å². The molecular formula is C11H12N2O3. The molecule has 1 heterocycles. The van der Waals surface area contributed by atoms with Gasteiger partial charge in [0.15, 0.2) is 0 Å². The van der Waals surface area contributed by atoms with Crippen molar-refractivity contribution < 1.29 is 14.7 Å². The monoisotopic (exact) mass is 220 g/mol. The van der Waals surface area contributed by atoms with E-state index in [4.69, 9.17) is 14.7 Å². The van der Waals surface area contributed by atoms with Crippen LogP contribution in [-0.2, 0) is 4.84 Å². The number of fused-ring (bicyclic) bond motifs is 1. The van der Waals surface area contributed by atoms with Crippen molar-refractivity contribution in [3.8, 4) is 5.75 Å². The predicted octanol–water partition coefficient (Wildman–Crippen LogP) is 0.820. The summed E-state index contributed by atoms with van der Waals surface area (Å²) in [5, 5.41) is 12.4. The van der Waals surface area contributed by atoms with Gasteiger partial charge >= 0.3 is 0 Å². The number of rotatable bonds is 3. The van der Waals surface area contributed by atoms with Crippen molar-refractivity contribution in [2.75, 3.05) is 20.3 Å². The van der Waals surface area contributed by atoms with Crippen molar-refractivity contribution in [3.05, 3.63) is 29.8 Å². The third-order valence-electron chi connectivity index (χ3n) is 2.11. The second kappa shape index (κ2) is 4.76. The molecule has 1 aliphatic rings. The molecule has 0 aromatic heterocycles. The maximum Gasteiger partial charge on any atom is 0.282 e. The second-order valence-electron chi connectivity index (χ2n) is 3.12. The van der Waals surface area contributed by atoms with Gasteiger partial charge in [-0.1, -0.05) is 12.1 Å². The fraction of sp³-hybridized carbons (Fsp3) is 0.273. The third kappa shape index (κ3) is 1.90. The van der Waals surface area contributed by atoms with E-state index in [1.165, 1.54) is 0 Å². The van der Waals surface area contributed by atoms with Gasteiger partial charge in [-0.3, -0.25) is 4.99 Å². The van der Waals surface area contributed by atoms with E-state index in [2.05, 4.69) is 10.1 Å². The van der Waals surface area contributed by atoms with Crippen LogP contribution in [0.1, 0.15) is 5.56 Å². The number of aliphatic imine (C=N–C) groups is 1. The zero-order valence-corrected chi connectivity index (χ0v) is 8.88. The Morgan fingerprint density at radius 2 is 2.19 bits per heavy atom. The van der Waals surface area contributed by atoms with Gasteiger partial charge in [-0.05, 0) is 17.3 Å². The largest absolute Gasteiger partial charge is 0.434 e. The molecule has 0 aliphatic carbocycles. The molecule has 0 saturated heterocycles. The first-order valence-electron chi connectivity index (χ1n) is 4.92. The van der Waals surface area contributed by atoms with Crippen LogP contribution in [0.3, 0.4) is 0 Å². The summed E-state index contributed by atoms with van der Waals surface area (Å²) in [6, 6.07) is 7.54.